The van der Waals surface area contributed by atoms with Crippen molar-refractivity contribution in [3.05, 3.63) is 29.8 Å². The Morgan fingerprint density at radius 3 is 2.22 bits per heavy atom. The fourth-order valence-corrected chi connectivity index (χ4v) is 2.05. The Morgan fingerprint density at radius 1 is 1.00 bits per heavy atom. The quantitative estimate of drug-likeness (QED) is 0.635. The highest BCUT2D eigenvalue weighted by molar-refractivity contribution is 5.44. The number of hydrogen-bond acceptors (Lipinski definition) is 1. The molecule has 1 unspecified atom stereocenters. The van der Waals surface area contributed by atoms with Crippen LogP contribution < -0.4 is 5.32 Å². The molecule has 0 aromatic heterocycles. The van der Waals surface area contributed by atoms with E-state index in [-0.39, 0.29) is 6.04 Å². The molecular formula is C15H23F2N. The van der Waals surface area contributed by atoms with E-state index in [2.05, 4.69) is 12.2 Å². The highest BCUT2D eigenvalue weighted by atomic mass is 19.1. The van der Waals surface area contributed by atoms with E-state index in [1.807, 2.05) is 6.92 Å². The van der Waals surface area contributed by atoms with Gasteiger partial charge in [0.25, 0.3) is 0 Å². The van der Waals surface area contributed by atoms with Crippen LogP contribution in [0, 0.1) is 11.6 Å². The lowest BCUT2D eigenvalue weighted by molar-refractivity contribution is 0.573. The number of rotatable bonds is 8. The van der Waals surface area contributed by atoms with Gasteiger partial charge in [0.2, 0.25) is 0 Å². The van der Waals surface area contributed by atoms with E-state index in [0.29, 0.717) is 5.69 Å². The molecule has 3 heteroatoms. The lowest BCUT2D eigenvalue weighted by Gasteiger charge is -2.15. The number of unbranched alkanes of at least 4 members (excludes halogenated alkanes) is 4. The van der Waals surface area contributed by atoms with Gasteiger partial charge in [-0.15, -0.1) is 0 Å². The van der Waals surface area contributed by atoms with E-state index < -0.39 is 11.6 Å². The summed E-state index contributed by atoms with van der Waals surface area (Å²) in [5, 5.41) is 3.13. The largest absolute Gasteiger partial charge is 0.382 e. The van der Waals surface area contributed by atoms with E-state index in [9.17, 15) is 8.78 Å². The van der Waals surface area contributed by atoms with Gasteiger partial charge in [-0.05, 0) is 25.5 Å². The molecule has 0 bridgehead atoms. The predicted octanol–water partition coefficient (Wildman–Crippen LogP) is 5.13. The van der Waals surface area contributed by atoms with E-state index >= 15 is 0 Å². The predicted molar refractivity (Wildman–Crippen MR) is 72.8 cm³/mol. The topological polar surface area (TPSA) is 12.0 Å². The summed E-state index contributed by atoms with van der Waals surface area (Å²) in [6.45, 7) is 4.24. The van der Waals surface area contributed by atoms with Gasteiger partial charge in [0, 0.05) is 17.8 Å². The molecule has 0 aliphatic rings. The molecule has 0 spiro atoms. The lowest BCUT2D eigenvalue weighted by atomic mass is 10.1. The maximum Gasteiger partial charge on any atom is 0.128 e. The van der Waals surface area contributed by atoms with Crippen LogP contribution in [0.2, 0.25) is 0 Å². The van der Waals surface area contributed by atoms with Crippen LogP contribution in [0.4, 0.5) is 14.5 Å². The first-order valence-electron chi connectivity index (χ1n) is 6.84. The van der Waals surface area contributed by atoms with Crippen LogP contribution in [-0.2, 0) is 0 Å². The van der Waals surface area contributed by atoms with Crippen molar-refractivity contribution in [1.82, 2.24) is 0 Å². The summed E-state index contributed by atoms with van der Waals surface area (Å²) in [5.41, 5.74) is 0.522. The van der Waals surface area contributed by atoms with Gasteiger partial charge in [0.1, 0.15) is 11.6 Å². The van der Waals surface area contributed by atoms with Gasteiger partial charge in [-0.3, -0.25) is 0 Å². The minimum Gasteiger partial charge on any atom is -0.382 e. The van der Waals surface area contributed by atoms with Crippen LogP contribution in [0.25, 0.3) is 0 Å². The summed E-state index contributed by atoms with van der Waals surface area (Å²) < 4.78 is 26.0. The first-order valence-corrected chi connectivity index (χ1v) is 6.84. The van der Waals surface area contributed by atoms with Crippen LogP contribution in [0.3, 0.4) is 0 Å². The molecule has 0 saturated heterocycles. The number of nitrogens with one attached hydrogen (secondary N) is 1. The number of benzene rings is 1. The van der Waals surface area contributed by atoms with Gasteiger partial charge in [-0.2, -0.15) is 0 Å². The Balaban J connectivity index is 2.28. The maximum absolute atomic E-state index is 13.0. The molecule has 18 heavy (non-hydrogen) atoms. The molecular weight excluding hydrogens is 232 g/mol. The average molecular weight is 255 g/mol. The van der Waals surface area contributed by atoms with Gasteiger partial charge in [-0.1, -0.05) is 39.0 Å². The maximum atomic E-state index is 13.0. The van der Waals surface area contributed by atoms with Gasteiger partial charge in [0.05, 0.1) is 0 Å². The fourth-order valence-electron chi connectivity index (χ4n) is 2.05. The summed E-state index contributed by atoms with van der Waals surface area (Å²) in [5.74, 6) is -1.07. The average Bonchev–Trinajstić information content (AvgIpc) is 2.27. The van der Waals surface area contributed by atoms with Crippen LogP contribution in [-0.4, -0.2) is 6.04 Å². The highest BCUT2D eigenvalue weighted by Crippen LogP contribution is 2.16. The molecule has 0 fully saturated rings. The molecule has 0 heterocycles. The Labute approximate surface area is 109 Å². The van der Waals surface area contributed by atoms with E-state index in [1.54, 1.807) is 0 Å². The summed E-state index contributed by atoms with van der Waals surface area (Å²) in [4.78, 5) is 0. The Morgan fingerprint density at radius 2 is 1.61 bits per heavy atom. The lowest BCUT2D eigenvalue weighted by Crippen LogP contribution is -2.15. The highest BCUT2D eigenvalue weighted by Gasteiger charge is 2.04. The van der Waals surface area contributed by atoms with Crippen LogP contribution in [0.15, 0.2) is 18.2 Å². The van der Waals surface area contributed by atoms with Crippen molar-refractivity contribution in [3.63, 3.8) is 0 Å². The standard InChI is InChI=1S/C15H23F2N/c1-3-4-5-6-7-8-12(2)18-15-10-13(16)9-14(17)11-15/h9-12,18H,3-8H2,1-2H3. The third-order valence-corrected chi connectivity index (χ3v) is 3.02. The van der Waals surface area contributed by atoms with Gasteiger partial charge in [0.15, 0.2) is 0 Å². The smallest absolute Gasteiger partial charge is 0.128 e. The van der Waals surface area contributed by atoms with Crippen LogP contribution >= 0.6 is 0 Å². The summed E-state index contributed by atoms with van der Waals surface area (Å²) in [6.07, 6.45) is 7.23. The zero-order valence-electron chi connectivity index (χ0n) is 11.3. The zero-order valence-corrected chi connectivity index (χ0v) is 11.3. The van der Waals surface area contributed by atoms with Crippen molar-refractivity contribution in [1.29, 1.82) is 0 Å². The van der Waals surface area contributed by atoms with Gasteiger partial charge in [-0.25, -0.2) is 8.78 Å². The summed E-state index contributed by atoms with van der Waals surface area (Å²) in [7, 11) is 0. The van der Waals surface area contributed by atoms with Crippen LogP contribution in [0.1, 0.15) is 52.4 Å². The minimum absolute atomic E-state index is 0.243. The SMILES string of the molecule is CCCCCCCC(C)Nc1cc(F)cc(F)c1. The van der Waals surface area contributed by atoms with E-state index in [0.717, 1.165) is 18.9 Å². The Kier molecular flexibility index (Phi) is 6.69. The minimum atomic E-state index is -0.535. The second kappa shape index (κ2) is 8.06. The van der Waals surface area contributed by atoms with Crippen molar-refractivity contribution in [2.75, 3.05) is 5.32 Å². The first kappa shape index (κ1) is 14.9. The van der Waals surface area contributed by atoms with Crippen molar-refractivity contribution >= 4 is 5.69 Å². The second-order valence-corrected chi connectivity index (χ2v) is 4.91. The molecule has 0 radical (unpaired) electrons. The second-order valence-electron chi connectivity index (χ2n) is 4.91. The molecule has 0 aliphatic carbocycles. The van der Waals surface area contributed by atoms with E-state index in [1.165, 1.54) is 37.8 Å². The molecule has 0 saturated carbocycles. The number of anilines is 1. The molecule has 1 atom stereocenters. The third-order valence-electron chi connectivity index (χ3n) is 3.02. The molecule has 1 aromatic carbocycles. The summed E-state index contributed by atoms with van der Waals surface area (Å²) in [6, 6.07) is 3.79. The van der Waals surface area contributed by atoms with Gasteiger partial charge < -0.3 is 5.32 Å². The molecule has 1 nitrogen and oxygen atoms in total. The Hall–Kier alpha value is -1.12. The van der Waals surface area contributed by atoms with Crippen molar-refractivity contribution in [2.45, 2.75) is 58.4 Å². The monoisotopic (exact) mass is 255 g/mol. The Bertz CT molecular complexity index is 332. The third kappa shape index (κ3) is 5.99. The zero-order chi connectivity index (χ0) is 13.4. The summed E-state index contributed by atoms with van der Waals surface area (Å²) >= 11 is 0. The van der Waals surface area contributed by atoms with Crippen LogP contribution in [0.5, 0.6) is 0 Å². The normalized spacial score (nSPS) is 12.4. The molecule has 102 valence electrons. The number of hydrogen-bond donors (Lipinski definition) is 1. The molecule has 0 aliphatic heterocycles. The molecule has 0 amide bonds. The fraction of sp³-hybridized carbons (Fsp3) is 0.600. The first-order chi connectivity index (χ1) is 8.61. The van der Waals surface area contributed by atoms with Crippen molar-refractivity contribution in [3.8, 4) is 0 Å². The van der Waals surface area contributed by atoms with Crippen molar-refractivity contribution < 1.29 is 8.78 Å². The van der Waals surface area contributed by atoms with Crippen molar-refractivity contribution in [2.24, 2.45) is 0 Å². The molecule has 1 N–H and O–H groups in total. The van der Waals surface area contributed by atoms with Gasteiger partial charge >= 0.3 is 0 Å². The molecule has 1 rings (SSSR count). The number of halogens is 2. The molecule has 1 aromatic rings. The van der Waals surface area contributed by atoms with E-state index in [4.69, 9.17) is 0 Å².